The second-order valence-corrected chi connectivity index (χ2v) is 7.36. The molecule has 2 amide bonds. The van der Waals surface area contributed by atoms with Gasteiger partial charge in [0.1, 0.15) is 22.8 Å². The minimum absolute atomic E-state index is 0.205. The molecule has 0 spiro atoms. The van der Waals surface area contributed by atoms with Gasteiger partial charge in [0.25, 0.3) is 5.56 Å². The summed E-state index contributed by atoms with van der Waals surface area (Å²) in [4.78, 5) is 34.6. The van der Waals surface area contributed by atoms with Crippen molar-refractivity contribution in [3.05, 3.63) is 46.8 Å². The number of morpholine rings is 1. The second-order valence-electron chi connectivity index (χ2n) is 7.36. The molecule has 32 heavy (non-hydrogen) atoms. The van der Waals surface area contributed by atoms with Crippen LogP contribution in [0, 0.1) is 0 Å². The smallest absolute Gasteiger partial charge is 0.321 e. The van der Waals surface area contributed by atoms with Gasteiger partial charge in [0, 0.05) is 18.8 Å². The summed E-state index contributed by atoms with van der Waals surface area (Å²) >= 11 is 0. The summed E-state index contributed by atoms with van der Waals surface area (Å²) in [6, 6.07) is 10.3. The first kappa shape index (κ1) is 21.6. The fraction of sp³-hybridized carbons (Fsp3) is 0.348. The second kappa shape index (κ2) is 9.69. The van der Waals surface area contributed by atoms with Gasteiger partial charge in [-0.25, -0.2) is 9.78 Å². The van der Waals surface area contributed by atoms with Crippen molar-refractivity contribution >= 4 is 22.6 Å². The monoisotopic (exact) mass is 438 g/mol. The van der Waals surface area contributed by atoms with E-state index in [2.05, 4.69) is 15.3 Å². The van der Waals surface area contributed by atoms with E-state index in [4.69, 9.17) is 14.2 Å². The van der Waals surface area contributed by atoms with Gasteiger partial charge in [0.2, 0.25) is 0 Å². The van der Waals surface area contributed by atoms with E-state index >= 15 is 0 Å². The SMILES string of the molecule is CCCOc1ccc(NC(=O)N2CCOCC2)cc1-c1nc2c(OC)cccc2c(=O)[nH]1. The molecule has 2 aromatic carbocycles. The summed E-state index contributed by atoms with van der Waals surface area (Å²) in [6.45, 7) is 4.63. The largest absolute Gasteiger partial charge is 0.494 e. The molecule has 1 fully saturated rings. The van der Waals surface area contributed by atoms with Crippen LogP contribution in [0.1, 0.15) is 13.3 Å². The standard InChI is InChI=1S/C23H26N4O5/c1-3-11-32-18-8-7-15(24-23(29)27-9-12-31-13-10-27)14-17(18)21-25-20-16(22(28)26-21)5-4-6-19(20)30-2/h4-8,14H,3,9-13H2,1-2H3,(H,24,29)(H,25,26,28). The van der Waals surface area contributed by atoms with Gasteiger partial charge in [0.15, 0.2) is 0 Å². The predicted molar refractivity (Wildman–Crippen MR) is 122 cm³/mol. The summed E-state index contributed by atoms with van der Waals surface area (Å²) in [5.74, 6) is 1.40. The molecule has 0 unspecified atom stereocenters. The number of methoxy groups -OCH3 is 1. The number of rotatable bonds is 6. The Morgan fingerprint density at radius 3 is 2.78 bits per heavy atom. The van der Waals surface area contributed by atoms with Crippen LogP contribution in [0.5, 0.6) is 11.5 Å². The Morgan fingerprint density at radius 1 is 1.22 bits per heavy atom. The molecule has 1 saturated heterocycles. The van der Waals surface area contributed by atoms with Crippen LogP contribution in [0.2, 0.25) is 0 Å². The number of ether oxygens (including phenoxy) is 3. The first-order valence-corrected chi connectivity index (χ1v) is 10.6. The number of aromatic amines is 1. The maximum absolute atomic E-state index is 12.8. The molecular formula is C23H26N4O5. The molecular weight excluding hydrogens is 412 g/mol. The molecule has 2 N–H and O–H groups in total. The van der Waals surface area contributed by atoms with Crippen molar-refractivity contribution in [1.82, 2.24) is 14.9 Å². The van der Waals surface area contributed by atoms with Gasteiger partial charge in [-0.1, -0.05) is 13.0 Å². The fourth-order valence-electron chi connectivity index (χ4n) is 3.53. The van der Waals surface area contributed by atoms with Crippen LogP contribution >= 0.6 is 0 Å². The van der Waals surface area contributed by atoms with Crippen LogP contribution in [0.15, 0.2) is 41.2 Å². The average Bonchev–Trinajstić information content (AvgIpc) is 2.83. The summed E-state index contributed by atoms with van der Waals surface area (Å²) in [5.41, 5.74) is 1.32. The third-order valence-electron chi connectivity index (χ3n) is 5.17. The van der Waals surface area contributed by atoms with Gasteiger partial charge in [-0.3, -0.25) is 4.79 Å². The highest BCUT2D eigenvalue weighted by molar-refractivity contribution is 5.91. The summed E-state index contributed by atoms with van der Waals surface area (Å²) in [5, 5.41) is 3.34. The van der Waals surface area contributed by atoms with Crippen LogP contribution in [-0.4, -0.2) is 60.9 Å². The molecule has 168 valence electrons. The quantitative estimate of drug-likeness (QED) is 0.612. The van der Waals surface area contributed by atoms with E-state index in [0.29, 0.717) is 72.4 Å². The normalized spacial score (nSPS) is 13.8. The minimum atomic E-state index is -0.284. The number of carbonyl (C=O) groups excluding carboxylic acids is 1. The minimum Gasteiger partial charge on any atom is -0.494 e. The van der Waals surface area contributed by atoms with E-state index < -0.39 is 0 Å². The Balaban J connectivity index is 1.74. The third-order valence-corrected chi connectivity index (χ3v) is 5.17. The zero-order valence-electron chi connectivity index (χ0n) is 18.1. The molecule has 9 heteroatoms. The Hall–Kier alpha value is -3.59. The maximum atomic E-state index is 12.8. The predicted octanol–water partition coefficient (Wildman–Crippen LogP) is 3.25. The van der Waals surface area contributed by atoms with Crippen LogP contribution in [0.3, 0.4) is 0 Å². The molecule has 0 radical (unpaired) electrons. The van der Waals surface area contributed by atoms with Crippen molar-refractivity contribution in [2.24, 2.45) is 0 Å². The summed E-state index contributed by atoms with van der Waals surface area (Å²) in [7, 11) is 1.54. The van der Waals surface area contributed by atoms with Gasteiger partial charge in [-0.05, 0) is 36.8 Å². The molecule has 0 aliphatic carbocycles. The lowest BCUT2D eigenvalue weighted by molar-refractivity contribution is 0.0564. The first-order chi connectivity index (χ1) is 15.6. The van der Waals surface area contributed by atoms with Crippen molar-refractivity contribution < 1.29 is 19.0 Å². The first-order valence-electron chi connectivity index (χ1n) is 10.6. The zero-order chi connectivity index (χ0) is 22.5. The van der Waals surface area contributed by atoms with Crippen molar-refractivity contribution in [3.63, 3.8) is 0 Å². The number of nitrogens with zero attached hydrogens (tertiary/aromatic N) is 2. The highest BCUT2D eigenvalue weighted by Gasteiger charge is 2.19. The highest BCUT2D eigenvalue weighted by Crippen LogP contribution is 2.32. The molecule has 2 heterocycles. The molecule has 0 saturated carbocycles. The van der Waals surface area contributed by atoms with Crippen LogP contribution < -0.4 is 20.3 Å². The molecule has 0 atom stereocenters. The number of nitrogens with one attached hydrogen (secondary N) is 2. The maximum Gasteiger partial charge on any atom is 0.321 e. The number of aromatic nitrogens is 2. The number of benzene rings is 2. The molecule has 1 aromatic heterocycles. The lowest BCUT2D eigenvalue weighted by Gasteiger charge is -2.27. The zero-order valence-corrected chi connectivity index (χ0v) is 18.1. The number of para-hydroxylation sites is 1. The van der Waals surface area contributed by atoms with E-state index in [0.717, 1.165) is 6.42 Å². The van der Waals surface area contributed by atoms with E-state index in [-0.39, 0.29) is 11.6 Å². The van der Waals surface area contributed by atoms with Crippen molar-refractivity contribution in [2.45, 2.75) is 13.3 Å². The Morgan fingerprint density at radius 2 is 2.03 bits per heavy atom. The molecule has 0 bridgehead atoms. The van der Waals surface area contributed by atoms with Crippen LogP contribution in [0.4, 0.5) is 10.5 Å². The van der Waals surface area contributed by atoms with Crippen molar-refractivity contribution in [1.29, 1.82) is 0 Å². The Bertz CT molecular complexity index is 1170. The number of carbonyl (C=O) groups is 1. The summed E-state index contributed by atoms with van der Waals surface area (Å²) < 4.78 is 16.6. The van der Waals surface area contributed by atoms with E-state index in [1.807, 2.05) is 6.92 Å². The van der Waals surface area contributed by atoms with Gasteiger partial charge in [0.05, 0.1) is 37.9 Å². The number of hydrogen-bond donors (Lipinski definition) is 2. The van der Waals surface area contributed by atoms with Crippen molar-refractivity contribution in [2.75, 3.05) is 45.3 Å². The van der Waals surface area contributed by atoms with Crippen LogP contribution in [-0.2, 0) is 4.74 Å². The highest BCUT2D eigenvalue weighted by atomic mass is 16.5. The summed E-state index contributed by atoms with van der Waals surface area (Å²) in [6.07, 6.45) is 0.824. The van der Waals surface area contributed by atoms with Gasteiger partial charge in [-0.2, -0.15) is 0 Å². The van der Waals surface area contributed by atoms with E-state index in [1.165, 1.54) is 7.11 Å². The van der Waals surface area contributed by atoms with E-state index in [1.54, 1.807) is 41.3 Å². The van der Waals surface area contributed by atoms with Gasteiger partial charge < -0.3 is 29.4 Å². The average molecular weight is 438 g/mol. The number of H-pyrrole nitrogens is 1. The molecule has 9 nitrogen and oxygen atoms in total. The molecule has 3 aromatic rings. The van der Waals surface area contributed by atoms with Crippen molar-refractivity contribution in [3.8, 4) is 22.9 Å². The molecule has 4 rings (SSSR count). The number of amides is 2. The number of urea groups is 1. The van der Waals surface area contributed by atoms with Gasteiger partial charge in [-0.15, -0.1) is 0 Å². The van der Waals surface area contributed by atoms with E-state index in [9.17, 15) is 9.59 Å². The Labute approximate surface area is 185 Å². The Kier molecular flexibility index (Phi) is 6.55. The van der Waals surface area contributed by atoms with Gasteiger partial charge >= 0.3 is 6.03 Å². The number of fused-ring (bicyclic) bond motifs is 1. The fourth-order valence-corrected chi connectivity index (χ4v) is 3.53. The lowest BCUT2D eigenvalue weighted by Crippen LogP contribution is -2.43. The number of hydrogen-bond acceptors (Lipinski definition) is 6. The third kappa shape index (κ3) is 4.52. The molecule has 1 aliphatic rings. The van der Waals surface area contributed by atoms with Crippen LogP contribution in [0.25, 0.3) is 22.3 Å². The molecule has 1 aliphatic heterocycles. The lowest BCUT2D eigenvalue weighted by atomic mass is 10.1. The number of anilines is 1. The topological polar surface area (TPSA) is 106 Å².